The summed E-state index contributed by atoms with van der Waals surface area (Å²) in [5.74, 6) is 0.588. The molecule has 0 saturated carbocycles. The van der Waals surface area contributed by atoms with Crippen molar-refractivity contribution >= 4 is 17.0 Å². The Kier molecular flexibility index (Phi) is 4.47. The van der Waals surface area contributed by atoms with E-state index in [1.165, 1.54) is 5.56 Å². The molecule has 1 aliphatic rings. The fourth-order valence-corrected chi connectivity index (χ4v) is 4.01. The molecule has 3 aromatic rings. The third-order valence-corrected chi connectivity index (χ3v) is 5.32. The Morgan fingerprint density at radius 1 is 1.15 bits per heavy atom. The summed E-state index contributed by atoms with van der Waals surface area (Å²) in [6, 6.07) is 4.25. The van der Waals surface area contributed by atoms with E-state index in [0.717, 1.165) is 42.7 Å². The first-order valence-corrected chi connectivity index (χ1v) is 9.32. The first-order valence-electron chi connectivity index (χ1n) is 9.32. The summed E-state index contributed by atoms with van der Waals surface area (Å²) in [7, 11) is 1.74. The van der Waals surface area contributed by atoms with Gasteiger partial charge in [0.1, 0.15) is 5.39 Å². The number of H-pyrrole nitrogens is 1. The standard InChI is InChI=1S/C20H25N5O2/c1-12-9-13(2)17(14(3)10-12)25-11-16-18(23-25)21-20(22-19(16)26)24-7-5-15(27-4)6-8-24/h9-11,15H,5-8H2,1-4H3,(H,21,22,23,26). The Labute approximate surface area is 158 Å². The lowest BCUT2D eigenvalue weighted by molar-refractivity contribution is 0.0816. The number of hydrogen-bond acceptors (Lipinski definition) is 5. The number of aromatic amines is 1. The molecule has 7 nitrogen and oxygen atoms in total. The minimum absolute atomic E-state index is 0.155. The molecule has 1 N–H and O–H groups in total. The van der Waals surface area contributed by atoms with Crippen LogP contribution in [0.3, 0.4) is 0 Å². The van der Waals surface area contributed by atoms with Crippen LogP contribution in [0.15, 0.2) is 23.1 Å². The Balaban J connectivity index is 1.74. The van der Waals surface area contributed by atoms with Crippen molar-refractivity contribution < 1.29 is 4.74 Å². The zero-order chi connectivity index (χ0) is 19.1. The van der Waals surface area contributed by atoms with Gasteiger partial charge in [-0.25, -0.2) is 4.68 Å². The molecular weight excluding hydrogens is 342 g/mol. The van der Waals surface area contributed by atoms with Crippen molar-refractivity contribution in [3.63, 3.8) is 0 Å². The molecule has 0 aliphatic carbocycles. The van der Waals surface area contributed by atoms with E-state index in [2.05, 4.69) is 52.9 Å². The van der Waals surface area contributed by atoms with Crippen LogP contribution in [0.1, 0.15) is 29.5 Å². The van der Waals surface area contributed by atoms with Crippen molar-refractivity contribution in [1.29, 1.82) is 0 Å². The lowest BCUT2D eigenvalue weighted by Crippen LogP contribution is -2.38. The van der Waals surface area contributed by atoms with Crippen molar-refractivity contribution in [2.24, 2.45) is 0 Å². The third kappa shape index (κ3) is 3.23. The SMILES string of the molecule is COC1CCN(c2nc3nn(-c4c(C)cc(C)cc4C)cc3c(=O)[nH]2)CC1. The number of nitrogens with zero attached hydrogens (tertiary/aromatic N) is 4. The second kappa shape index (κ2) is 6.81. The first kappa shape index (κ1) is 17.7. The summed E-state index contributed by atoms with van der Waals surface area (Å²) in [4.78, 5) is 22.3. The van der Waals surface area contributed by atoms with Crippen LogP contribution in [-0.2, 0) is 4.74 Å². The molecule has 0 unspecified atom stereocenters. The van der Waals surface area contributed by atoms with Crippen LogP contribution in [0, 0.1) is 20.8 Å². The van der Waals surface area contributed by atoms with Gasteiger partial charge in [-0.05, 0) is 44.7 Å². The molecule has 0 spiro atoms. The molecule has 1 aliphatic heterocycles. The Bertz CT molecular complexity index is 1020. The van der Waals surface area contributed by atoms with Crippen molar-refractivity contribution in [3.8, 4) is 5.69 Å². The van der Waals surface area contributed by atoms with Gasteiger partial charge in [0.05, 0.1) is 11.8 Å². The van der Waals surface area contributed by atoms with Crippen LogP contribution in [0.4, 0.5) is 5.95 Å². The highest BCUT2D eigenvalue weighted by atomic mass is 16.5. The molecule has 27 heavy (non-hydrogen) atoms. The van der Waals surface area contributed by atoms with Crippen LogP contribution in [0.25, 0.3) is 16.7 Å². The highest BCUT2D eigenvalue weighted by molar-refractivity contribution is 5.75. The van der Waals surface area contributed by atoms with E-state index < -0.39 is 0 Å². The average Bonchev–Trinajstić information content (AvgIpc) is 3.05. The number of hydrogen-bond donors (Lipinski definition) is 1. The predicted octanol–water partition coefficient (Wildman–Crippen LogP) is 2.65. The lowest BCUT2D eigenvalue weighted by atomic mass is 10.1. The summed E-state index contributed by atoms with van der Waals surface area (Å²) in [5.41, 5.74) is 4.78. The second-order valence-electron chi connectivity index (χ2n) is 7.37. The zero-order valence-corrected chi connectivity index (χ0v) is 16.2. The summed E-state index contributed by atoms with van der Waals surface area (Å²) in [6.07, 6.45) is 3.90. The van der Waals surface area contributed by atoms with Gasteiger partial charge in [0.2, 0.25) is 5.95 Å². The van der Waals surface area contributed by atoms with Crippen LogP contribution >= 0.6 is 0 Å². The van der Waals surface area contributed by atoms with E-state index in [9.17, 15) is 4.79 Å². The van der Waals surface area contributed by atoms with Crippen molar-refractivity contribution in [3.05, 3.63) is 45.4 Å². The van der Waals surface area contributed by atoms with E-state index in [4.69, 9.17) is 4.74 Å². The van der Waals surface area contributed by atoms with Crippen molar-refractivity contribution in [2.75, 3.05) is 25.1 Å². The molecule has 2 aromatic heterocycles. The van der Waals surface area contributed by atoms with Gasteiger partial charge in [-0.3, -0.25) is 9.78 Å². The molecule has 4 rings (SSSR count). The minimum atomic E-state index is -0.155. The molecule has 0 amide bonds. The molecule has 0 bridgehead atoms. The van der Waals surface area contributed by atoms with Crippen molar-refractivity contribution in [1.82, 2.24) is 19.7 Å². The smallest absolute Gasteiger partial charge is 0.263 e. The number of anilines is 1. The molecule has 142 valence electrons. The molecule has 1 fully saturated rings. The van der Waals surface area contributed by atoms with E-state index in [-0.39, 0.29) is 11.7 Å². The van der Waals surface area contributed by atoms with Crippen molar-refractivity contribution in [2.45, 2.75) is 39.7 Å². The highest BCUT2D eigenvalue weighted by Crippen LogP contribution is 2.23. The number of fused-ring (bicyclic) bond motifs is 1. The van der Waals surface area contributed by atoms with Gasteiger partial charge in [-0.15, -0.1) is 5.10 Å². The van der Waals surface area contributed by atoms with Gasteiger partial charge in [-0.2, -0.15) is 4.98 Å². The van der Waals surface area contributed by atoms with Gasteiger partial charge in [-0.1, -0.05) is 17.7 Å². The molecular formula is C20H25N5O2. The van der Waals surface area contributed by atoms with E-state index in [0.29, 0.717) is 17.0 Å². The zero-order valence-electron chi connectivity index (χ0n) is 16.2. The molecule has 7 heteroatoms. The topological polar surface area (TPSA) is 76.0 Å². The number of nitrogens with one attached hydrogen (secondary N) is 1. The molecule has 0 atom stereocenters. The monoisotopic (exact) mass is 367 g/mol. The minimum Gasteiger partial charge on any atom is -0.381 e. The maximum absolute atomic E-state index is 12.6. The number of ether oxygens (including phenoxy) is 1. The quantitative estimate of drug-likeness (QED) is 0.770. The third-order valence-electron chi connectivity index (χ3n) is 5.32. The molecule has 3 heterocycles. The van der Waals surface area contributed by atoms with E-state index >= 15 is 0 Å². The van der Waals surface area contributed by atoms with Crippen LogP contribution < -0.4 is 10.5 Å². The van der Waals surface area contributed by atoms with Crippen LogP contribution in [-0.4, -0.2) is 46.1 Å². The molecule has 1 aromatic carbocycles. The number of rotatable bonds is 3. The maximum Gasteiger partial charge on any atom is 0.263 e. The lowest BCUT2D eigenvalue weighted by Gasteiger charge is -2.31. The van der Waals surface area contributed by atoms with Gasteiger partial charge in [0.15, 0.2) is 5.65 Å². The number of aromatic nitrogens is 4. The largest absolute Gasteiger partial charge is 0.381 e. The second-order valence-corrected chi connectivity index (χ2v) is 7.37. The van der Waals surface area contributed by atoms with E-state index in [1.54, 1.807) is 18.0 Å². The normalized spacial score (nSPS) is 15.6. The Hall–Kier alpha value is -2.67. The number of piperidine rings is 1. The Morgan fingerprint density at radius 3 is 2.44 bits per heavy atom. The number of aryl methyl sites for hydroxylation is 3. The van der Waals surface area contributed by atoms with Gasteiger partial charge < -0.3 is 9.64 Å². The fraction of sp³-hybridized carbons (Fsp3) is 0.450. The number of methoxy groups -OCH3 is 1. The van der Waals surface area contributed by atoms with E-state index in [1.807, 2.05) is 0 Å². The summed E-state index contributed by atoms with van der Waals surface area (Å²) >= 11 is 0. The number of benzene rings is 1. The van der Waals surface area contributed by atoms with Crippen LogP contribution in [0.2, 0.25) is 0 Å². The van der Waals surface area contributed by atoms with Gasteiger partial charge >= 0.3 is 0 Å². The van der Waals surface area contributed by atoms with Crippen LogP contribution in [0.5, 0.6) is 0 Å². The average molecular weight is 367 g/mol. The van der Waals surface area contributed by atoms with Gasteiger partial charge in [0.25, 0.3) is 5.56 Å². The Morgan fingerprint density at radius 2 is 1.81 bits per heavy atom. The molecule has 0 radical (unpaired) electrons. The fourth-order valence-electron chi connectivity index (χ4n) is 4.01. The molecule has 1 saturated heterocycles. The highest BCUT2D eigenvalue weighted by Gasteiger charge is 2.22. The first-order chi connectivity index (χ1) is 13.0. The maximum atomic E-state index is 12.6. The summed E-state index contributed by atoms with van der Waals surface area (Å²) < 4.78 is 7.19. The summed E-state index contributed by atoms with van der Waals surface area (Å²) in [6.45, 7) is 7.82. The van der Waals surface area contributed by atoms with Gasteiger partial charge in [0, 0.05) is 26.4 Å². The predicted molar refractivity (Wildman–Crippen MR) is 106 cm³/mol. The summed E-state index contributed by atoms with van der Waals surface area (Å²) in [5, 5.41) is 5.12.